The summed E-state index contributed by atoms with van der Waals surface area (Å²) < 4.78 is 24.6. The lowest BCUT2D eigenvalue weighted by atomic mass is 10.1. The van der Waals surface area contributed by atoms with E-state index in [1.807, 2.05) is 0 Å². The van der Waals surface area contributed by atoms with Crippen LogP contribution >= 0.6 is 0 Å². The fraction of sp³-hybridized carbons (Fsp3) is 0.455. The summed E-state index contributed by atoms with van der Waals surface area (Å²) in [4.78, 5) is 0. The Balaban J connectivity index is 2.46. The average molecular weight is 211 g/mol. The van der Waals surface area contributed by atoms with Crippen molar-refractivity contribution in [2.24, 2.45) is 5.73 Å². The summed E-state index contributed by atoms with van der Waals surface area (Å²) in [5, 5.41) is 0. The first kappa shape index (κ1) is 10.2. The molecule has 0 spiro atoms. The first-order valence-electron chi connectivity index (χ1n) is 5.03. The van der Waals surface area contributed by atoms with E-state index in [0.29, 0.717) is 24.5 Å². The molecule has 1 heterocycles. The molecule has 15 heavy (non-hydrogen) atoms. The Labute approximate surface area is 88.0 Å². The summed E-state index contributed by atoms with van der Waals surface area (Å²) in [5.41, 5.74) is 6.11. The van der Waals surface area contributed by atoms with Crippen LogP contribution in [0.25, 0.3) is 0 Å². The number of ether oxygens (including phenoxy) is 2. The summed E-state index contributed by atoms with van der Waals surface area (Å²) in [6.45, 7) is 2.78. The Bertz CT molecular complexity index is 366. The zero-order chi connectivity index (χ0) is 10.8. The summed E-state index contributed by atoms with van der Waals surface area (Å²) >= 11 is 0. The fourth-order valence-electron chi connectivity index (χ4n) is 1.57. The van der Waals surface area contributed by atoms with Gasteiger partial charge in [-0.2, -0.15) is 0 Å². The first-order valence-corrected chi connectivity index (χ1v) is 5.03. The third-order valence-electron chi connectivity index (χ3n) is 2.37. The van der Waals surface area contributed by atoms with Crippen molar-refractivity contribution >= 4 is 0 Å². The Kier molecular flexibility index (Phi) is 2.77. The molecule has 2 N–H and O–H groups in total. The molecule has 1 aliphatic heterocycles. The minimum atomic E-state index is -0.399. The molecule has 2 rings (SSSR count). The predicted octanol–water partition coefficient (Wildman–Crippen LogP) is 2.01. The Morgan fingerprint density at radius 2 is 2.07 bits per heavy atom. The predicted molar refractivity (Wildman–Crippen MR) is 54.6 cm³/mol. The van der Waals surface area contributed by atoms with Crippen LogP contribution in [0, 0.1) is 5.82 Å². The van der Waals surface area contributed by atoms with E-state index < -0.39 is 5.82 Å². The van der Waals surface area contributed by atoms with Crippen LogP contribution in [0.3, 0.4) is 0 Å². The van der Waals surface area contributed by atoms with Crippen LogP contribution in [0.5, 0.6) is 11.5 Å². The van der Waals surface area contributed by atoms with E-state index in [4.69, 9.17) is 15.2 Å². The second-order valence-corrected chi connectivity index (χ2v) is 3.64. The number of hydrogen-bond donors (Lipinski definition) is 1. The van der Waals surface area contributed by atoms with Crippen LogP contribution in [-0.2, 0) is 0 Å². The van der Waals surface area contributed by atoms with Crippen molar-refractivity contribution in [3.8, 4) is 11.5 Å². The fourth-order valence-corrected chi connectivity index (χ4v) is 1.57. The van der Waals surface area contributed by atoms with Gasteiger partial charge in [-0.1, -0.05) is 6.07 Å². The van der Waals surface area contributed by atoms with Gasteiger partial charge in [0.2, 0.25) is 0 Å². The van der Waals surface area contributed by atoms with Gasteiger partial charge in [-0.05, 0) is 13.0 Å². The lowest BCUT2D eigenvalue weighted by molar-refractivity contribution is 0.291. The smallest absolute Gasteiger partial charge is 0.197 e. The molecule has 0 saturated carbocycles. The highest BCUT2D eigenvalue weighted by atomic mass is 19.1. The molecule has 0 amide bonds. The zero-order valence-corrected chi connectivity index (χ0v) is 8.63. The highest BCUT2D eigenvalue weighted by Gasteiger charge is 2.19. The lowest BCUT2D eigenvalue weighted by Crippen LogP contribution is -2.09. The highest BCUT2D eigenvalue weighted by molar-refractivity contribution is 5.45. The molecule has 1 aromatic carbocycles. The van der Waals surface area contributed by atoms with E-state index in [-0.39, 0.29) is 11.8 Å². The monoisotopic (exact) mass is 211 g/mol. The van der Waals surface area contributed by atoms with Crippen LogP contribution in [0.15, 0.2) is 12.1 Å². The SMILES string of the molecule is CC(N)c1ccc2c(c1F)OCCCO2. The molecule has 0 radical (unpaired) electrons. The molecule has 0 bridgehead atoms. The van der Waals surface area contributed by atoms with Crippen molar-refractivity contribution in [2.75, 3.05) is 13.2 Å². The highest BCUT2D eigenvalue weighted by Crippen LogP contribution is 2.35. The molecule has 4 heteroatoms. The summed E-state index contributed by atoms with van der Waals surface area (Å²) in [5.74, 6) is 0.265. The number of halogens is 1. The Morgan fingerprint density at radius 3 is 2.80 bits per heavy atom. The number of fused-ring (bicyclic) bond motifs is 1. The topological polar surface area (TPSA) is 44.5 Å². The van der Waals surface area contributed by atoms with E-state index in [1.165, 1.54) is 0 Å². The van der Waals surface area contributed by atoms with E-state index in [9.17, 15) is 4.39 Å². The van der Waals surface area contributed by atoms with Gasteiger partial charge in [0, 0.05) is 18.0 Å². The zero-order valence-electron chi connectivity index (χ0n) is 8.63. The molecule has 1 atom stereocenters. The quantitative estimate of drug-likeness (QED) is 0.772. The minimum absolute atomic E-state index is 0.197. The van der Waals surface area contributed by atoms with Crippen LogP contribution in [-0.4, -0.2) is 13.2 Å². The molecule has 0 saturated heterocycles. The summed E-state index contributed by atoms with van der Waals surface area (Å²) in [6.07, 6.45) is 0.766. The second kappa shape index (κ2) is 4.06. The van der Waals surface area contributed by atoms with E-state index >= 15 is 0 Å². The van der Waals surface area contributed by atoms with Crippen LogP contribution in [0.4, 0.5) is 4.39 Å². The second-order valence-electron chi connectivity index (χ2n) is 3.64. The number of rotatable bonds is 1. The van der Waals surface area contributed by atoms with Crippen LogP contribution in [0.1, 0.15) is 24.9 Å². The number of nitrogens with two attached hydrogens (primary N) is 1. The largest absolute Gasteiger partial charge is 0.489 e. The van der Waals surface area contributed by atoms with E-state index in [0.717, 1.165) is 6.42 Å². The van der Waals surface area contributed by atoms with E-state index in [1.54, 1.807) is 19.1 Å². The van der Waals surface area contributed by atoms with Gasteiger partial charge in [-0.25, -0.2) is 4.39 Å². The van der Waals surface area contributed by atoms with Gasteiger partial charge in [0.25, 0.3) is 0 Å². The van der Waals surface area contributed by atoms with Gasteiger partial charge in [0.05, 0.1) is 13.2 Å². The van der Waals surface area contributed by atoms with Crippen molar-refractivity contribution in [3.05, 3.63) is 23.5 Å². The maximum Gasteiger partial charge on any atom is 0.197 e. The minimum Gasteiger partial charge on any atom is -0.489 e. The number of benzene rings is 1. The van der Waals surface area contributed by atoms with Gasteiger partial charge in [0.1, 0.15) is 0 Å². The molecule has 0 fully saturated rings. The maximum absolute atomic E-state index is 13.9. The van der Waals surface area contributed by atoms with Crippen LogP contribution in [0.2, 0.25) is 0 Å². The maximum atomic E-state index is 13.9. The molecule has 0 aliphatic carbocycles. The molecule has 1 aromatic rings. The Hall–Kier alpha value is -1.29. The van der Waals surface area contributed by atoms with Crippen molar-refractivity contribution in [3.63, 3.8) is 0 Å². The van der Waals surface area contributed by atoms with Crippen molar-refractivity contribution in [1.29, 1.82) is 0 Å². The molecule has 3 nitrogen and oxygen atoms in total. The molecular weight excluding hydrogens is 197 g/mol. The third kappa shape index (κ3) is 1.90. The van der Waals surface area contributed by atoms with Gasteiger partial charge in [0.15, 0.2) is 17.3 Å². The van der Waals surface area contributed by atoms with Crippen molar-refractivity contribution < 1.29 is 13.9 Å². The molecule has 0 aromatic heterocycles. The molecule has 1 unspecified atom stereocenters. The first-order chi connectivity index (χ1) is 7.20. The standard InChI is InChI=1S/C11H14FNO2/c1-7(13)8-3-4-9-11(10(8)12)15-6-2-5-14-9/h3-4,7H,2,5-6,13H2,1H3. The van der Waals surface area contributed by atoms with Gasteiger partial charge < -0.3 is 15.2 Å². The van der Waals surface area contributed by atoms with E-state index in [2.05, 4.69) is 0 Å². The van der Waals surface area contributed by atoms with Gasteiger partial charge in [-0.15, -0.1) is 0 Å². The molecule has 1 aliphatic rings. The third-order valence-corrected chi connectivity index (χ3v) is 2.37. The van der Waals surface area contributed by atoms with Crippen molar-refractivity contribution in [2.45, 2.75) is 19.4 Å². The van der Waals surface area contributed by atoms with Gasteiger partial charge in [-0.3, -0.25) is 0 Å². The number of hydrogen-bond acceptors (Lipinski definition) is 3. The Morgan fingerprint density at radius 1 is 1.33 bits per heavy atom. The van der Waals surface area contributed by atoms with Crippen LogP contribution < -0.4 is 15.2 Å². The lowest BCUT2D eigenvalue weighted by Gasteiger charge is -2.13. The van der Waals surface area contributed by atoms with Crippen molar-refractivity contribution in [1.82, 2.24) is 0 Å². The average Bonchev–Trinajstić information content (AvgIpc) is 2.43. The summed E-state index contributed by atoms with van der Waals surface area (Å²) in [6, 6.07) is 3.01. The normalized spacial score (nSPS) is 17.0. The summed E-state index contributed by atoms with van der Waals surface area (Å²) in [7, 11) is 0. The van der Waals surface area contributed by atoms with Gasteiger partial charge >= 0.3 is 0 Å². The molecule has 82 valence electrons. The molecular formula is C11H14FNO2.